The van der Waals surface area contributed by atoms with E-state index in [0.29, 0.717) is 18.4 Å². The third-order valence-corrected chi connectivity index (χ3v) is 3.55. The van der Waals surface area contributed by atoms with Crippen LogP contribution in [0.15, 0.2) is 42.5 Å². The predicted octanol–water partition coefficient (Wildman–Crippen LogP) is 2.74. The SMILES string of the molecule is Nc1ccc(CCCC(=O)O)c(C(=O)OCc2ccccc2)c1O. The Morgan fingerprint density at radius 2 is 1.79 bits per heavy atom. The summed E-state index contributed by atoms with van der Waals surface area (Å²) in [6, 6.07) is 12.3. The summed E-state index contributed by atoms with van der Waals surface area (Å²) >= 11 is 0. The minimum absolute atomic E-state index is 0.00341. The standard InChI is InChI=1S/C18H19NO5/c19-14-10-9-13(7-4-8-15(20)21)16(17(14)22)18(23)24-11-12-5-2-1-3-6-12/h1-3,5-6,9-10,22H,4,7-8,11,19H2,(H,20,21). The van der Waals surface area contributed by atoms with Gasteiger partial charge in [0.15, 0.2) is 5.75 Å². The maximum atomic E-state index is 12.4. The number of aryl methyl sites for hydroxylation is 1. The largest absolute Gasteiger partial charge is 0.505 e. The normalized spacial score (nSPS) is 10.3. The molecule has 2 aromatic carbocycles. The predicted molar refractivity (Wildman–Crippen MR) is 88.7 cm³/mol. The molecule has 4 N–H and O–H groups in total. The van der Waals surface area contributed by atoms with Crippen molar-refractivity contribution in [2.45, 2.75) is 25.9 Å². The van der Waals surface area contributed by atoms with E-state index in [1.165, 1.54) is 6.07 Å². The van der Waals surface area contributed by atoms with Crippen LogP contribution in [-0.4, -0.2) is 22.2 Å². The van der Waals surface area contributed by atoms with Gasteiger partial charge in [-0.2, -0.15) is 0 Å². The van der Waals surface area contributed by atoms with Crippen LogP contribution in [-0.2, 0) is 22.6 Å². The van der Waals surface area contributed by atoms with Gasteiger partial charge in [0.05, 0.1) is 5.69 Å². The smallest absolute Gasteiger partial charge is 0.342 e. The lowest BCUT2D eigenvalue weighted by molar-refractivity contribution is -0.137. The van der Waals surface area contributed by atoms with E-state index in [1.807, 2.05) is 30.3 Å². The van der Waals surface area contributed by atoms with E-state index in [2.05, 4.69) is 0 Å². The van der Waals surface area contributed by atoms with Crippen LogP contribution in [0, 0.1) is 0 Å². The van der Waals surface area contributed by atoms with Gasteiger partial charge in [-0.1, -0.05) is 36.4 Å². The van der Waals surface area contributed by atoms with Gasteiger partial charge >= 0.3 is 11.9 Å². The Balaban J connectivity index is 2.15. The molecule has 6 heteroatoms. The second-order valence-electron chi connectivity index (χ2n) is 5.35. The van der Waals surface area contributed by atoms with Crippen LogP contribution in [0.25, 0.3) is 0 Å². The number of hydrogen-bond donors (Lipinski definition) is 3. The molecule has 0 aromatic heterocycles. The van der Waals surface area contributed by atoms with Crippen molar-refractivity contribution in [1.29, 1.82) is 0 Å². The first-order valence-corrected chi connectivity index (χ1v) is 7.52. The number of phenols is 1. The Bertz CT molecular complexity index is 728. The summed E-state index contributed by atoms with van der Waals surface area (Å²) in [4.78, 5) is 23.0. The molecule has 0 unspecified atom stereocenters. The lowest BCUT2D eigenvalue weighted by Crippen LogP contribution is -2.10. The summed E-state index contributed by atoms with van der Waals surface area (Å²) in [7, 11) is 0. The highest BCUT2D eigenvalue weighted by Crippen LogP contribution is 2.30. The van der Waals surface area contributed by atoms with Gasteiger partial charge in [-0.25, -0.2) is 4.79 Å². The molecule has 6 nitrogen and oxygen atoms in total. The fourth-order valence-corrected chi connectivity index (χ4v) is 2.31. The van der Waals surface area contributed by atoms with Crippen molar-refractivity contribution in [2.24, 2.45) is 0 Å². The van der Waals surface area contributed by atoms with E-state index >= 15 is 0 Å². The van der Waals surface area contributed by atoms with Gasteiger partial charge in [-0.05, 0) is 30.0 Å². The van der Waals surface area contributed by atoms with Gasteiger partial charge in [0.25, 0.3) is 0 Å². The van der Waals surface area contributed by atoms with Crippen LogP contribution >= 0.6 is 0 Å². The van der Waals surface area contributed by atoms with Crippen molar-refractivity contribution in [1.82, 2.24) is 0 Å². The molecule has 24 heavy (non-hydrogen) atoms. The molecule has 0 aliphatic heterocycles. The molecule has 2 rings (SSSR count). The second-order valence-corrected chi connectivity index (χ2v) is 5.35. The summed E-state index contributed by atoms with van der Waals surface area (Å²) < 4.78 is 5.25. The number of esters is 1. The molecular weight excluding hydrogens is 310 g/mol. The zero-order valence-corrected chi connectivity index (χ0v) is 13.1. The number of nitrogen functional groups attached to an aromatic ring is 1. The van der Waals surface area contributed by atoms with Crippen LogP contribution in [0.4, 0.5) is 5.69 Å². The Hall–Kier alpha value is -3.02. The topological polar surface area (TPSA) is 110 Å². The average molecular weight is 329 g/mol. The van der Waals surface area contributed by atoms with Gasteiger partial charge < -0.3 is 20.7 Å². The molecular formula is C18H19NO5. The molecule has 0 bridgehead atoms. The molecule has 2 aromatic rings. The number of benzene rings is 2. The Morgan fingerprint density at radius 1 is 1.08 bits per heavy atom. The highest BCUT2D eigenvalue weighted by molar-refractivity contribution is 5.96. The van der Waals surface area contributed by atoms with E-state index in [9.17, 15) is 14.7 Å². The van der Waals surface area contributed by atoms with Crippen LogP contribution in [0.1, 0.15) is 34.3 Å². The molecule has 0 radical (unpaired) electrons. The maximum absolute atomic E-state index is 12.4. The van der Waals surface area contributed by atoms with Crippen LogP contribution < -0.4 is 5.73 Å². The number of hydrogen-bond acceptors (Lipinski definition) is 5. The minimum atomic E-state index is -0.914. The number of aromatic hydroxyl groups is 1. The number of carbonyl (C=O) groups is 2. The number of rotatable bonds is 7. The Labute approximate surface area is 139 Å². The van der Waals surface area contributed by atoms with Crippen molar-refractivity contribution < 1.29 is 24.5 Å². The first kappa shape index (κ1) is 17.3. The first-order valence-electron chi connectivity index (χ1n) is 7.52. The quantitative estimate of drug-likeness (QED) is 0.409. The number of aliphatic carboxylic acids is 1. The van der Waals surface area contributed by atoms with Gasteiger partial charge in [-0.3, -0.25) is 4.79 Å². The summed E-state index contributed by atoms with van der Waals surface area (Å²) in [5.74, 6) is -1.93. The molecule has 0 spiro atoms. The number of anilines is 1. The van der Waals surface area contributed by atoms with Crippen LogP contribution in [0.2, 0.25) is 0 Å². The van der Waals surface area contributed by atoms with Crippen molar-refractivity contribution in [2.75, 3.05) is 5.73 Å². The fraction of sp³-hybridized carbons (Fsp3) is 0.222. The summed E-state index contributed by atoms with van der Waals surface area (Å²) in [6.45, 7) is 0.0719. The number of nitrogens with two attached hydrogens (primary N) is 1. The van der Waals surface area contributed by atoms with E-state index in [1.54, 1.807) is 6.07 Å². The highest BCUT2D eigenvalue weighted by atomic mass is 16.5. The zero-order chi connectivity index (χ0) is 17.5. The van der Waals surface area contributed by atoms with E-state index in [-0.39, 0.29) is 30.0 Å². The van der Waals surface area contributed by atoms with Gasteiger partial charge in [0, 0.05) is 6.42 Å². The fourth-order valence-electron chi connectivity index (χ4n) is 2.31. The van der Waals surface area contributed by atoms with Crippen molar-refractivity contribution in [3.05, 3.63) is 59.2 Å². The average Bonchev–Trinajstić information content (AvgIpc) is 2.56. The van der Waals surface area contributed by atoms with Crippen molar-refractivity contribution in [3.63, 3.8) is 0 Å². The number of carboxylic acids is 1. The van der Waals surface area contributed by atoms with Crippen LogP contribution in [0.3, 0.4) is 0 Å². The minimum Gasteiger partial charge on any atom is -0.505 e. The molecule has 0 atom stereocenters. The van der Waals surface area contributed by atoms with Gasteiger partial charge in [0.2, 0.25) is 0 Å². The molecule has 0 saturated heterocycles. The molecule has 0 aliphatic carbocycles. The number of carbonyl (C=O) groups excluding carboxylic acids is 1. The van der Waals surface area contributed by atoms with Crippen molar-refractivity contribution >= 4 is 17.6 Å². The summed E-state index contributed by atoms with van der Waals surface area (Å²) in [5, 5.41) is 18.8. The first-order chi connectivity index (χ1) is 11.5. The molecule has 0 saturated carbocycles. The highest BCUT2D eigenvalue weighted by Gasteiger charge is 2.20. The third-order valence-electron chi connectivity index (χ3n) is 3.55. The van der Waals surface area contributed by atoms with Crippen molar-refractivity contribution in [3.8, 4) is 5.75 Å². The third kappa shape index (κ3) is 4.49. The Kier molecular flexibility index (Phi) is 5.78. The summed E-state index contributed by atoms with van der Waals surface area (Å²) in [5.41, 5.74) is 7.06. The molecule has 126 valence electrons. The van der Waals surface area contributed by atoms with E-state index in [0.717, 1.165) is 5.56 Å². The molecule has 0 aliphatic rings. The number of phenolic OH excluding ortho intramolecular Hbond substituents is 1. The van der Waals surface area contributed by atoms with Gasteiger partial charge in [0.1, 0.15) is 12.2 Å². The molecule has 0 amide bonds. The van der Waals surface area contributed by atoms with E-state index < -0.39 is 11.9 Å². The second kappa shape index (κ2) is 8.01. The van der Waals surface area contributed by atoms with E-state index in [4.69, 9.17) is 15.6 Å². The number of ether oxygens (including phenoxy) is 1. The summed E-state index contributed by atoms with van der Waals surface area (Å²) in [6.07, 6.45) is 0.650. The van der Waals surface area contributed by atoms with Gasteiger partial charge in [-0.15, -0.1) is 0 Å². The number of carboxylic acid groups (broad SMARTS) is 1. The molecule has 0 heterocycles. The lowest BCUT2D eigenvalue weighted by Gasteiger charge is -2.13. The van der Waals surface area contributed by atoms with Crippen LogP contribution in [0.5, 0.6) is 5.75 Å². The monoisotopic (exact) mass is 329 g/mol. The Morgan fingerprint density at radius 3 is 2.46 bits per heavy atom. The zero-order valence-electron chi connectivity index (χ0n) is 13.1. The lowest BCUT2D eigenvalue weighted by atomic mass is 10.00. The maximum Gasteiger partial charge on any atom is 0.342 e. The molecule has 0 fully saturated rings.